The number of ketones is 1. The molecule has 2 rings (SSSR count). The van der Waals surface area contributed by atoms with Gasteiger partial charge in [0.15, 0.2) is 5.78 Å². The van der Waals surface area contributed by atoms with E-state index in [0.717, 1.165) is 4.47 Å². The molecule has 1 aromatic carbocycles. The second-order valence-corrected chi connectivity index (χ2v) is 6.72. The topological polar surface area (TPSA) is 52.0 Å². The molecule has 0 N–H and O–H groups in total. The number of hydrogen-bond donors (Lipinski definition) is 0. The van der Waals surface area contributed by atoms with Gasteiger partial charge in [0, 0.05) is 29.2 Å². The molecule has 0 aliphatic heterocycles. The van der Waals surface area contributed by atoms with Crippen LogP contribution in [0.1, 0.15) is 29.0 Å². The zero-order chi connectivity index (χ0) is 15.4. The number of rotatable bonds is 5. The zero-order valence-corrected chi connectivity index (χ0v) is 15.2. The molecule has 1 heterocycles. The maximum atomic E-state index is 12.1. The highest BCUT2D eigenvalue weighted by Gasteiger charge is 2.08. The number of carbonyl (C=O) groups excluding carboxylic acids is 1. The van der Waals surface area contributed by atoms with Gasteiger partial charge in [0.1, 0.15) is 5.82 Å². The molecule has 0 bridgehead atoms. The van der Waals surface area contributed by atoms with Gasteiger partial charge >= 0.3 is 0 Å². The molecular weight excluding hydrogens is 447 g/mol. The van der Waals surface area contributed by atoms with E-state index in [9.17, 15) is 9.59 Å². The first-order chi connectivity index (χ1) is 9.99. The molecule has 0 unspecified atom stereocenters. The molecule has 0 aliphatic rings. The summed E-state index contributed by atoms with van der Waals surface area (Å²) in [5.74, 6) is 0.767. The van der Waals surface area contributed by atoms with Crippen LogP contribution in [0.5, 0.6) is 0 Å². The summed E-state index contributed by atoms with van der Waals surface area (Å²) in [5, 5.41) is 0. The fourth-order valence-corrected chi connectivity index (χ4v) is 2.69. The zero-order valence-electron chi connectivity index (χ0n) is 11.5. The van der Waals surface area contributed by atoms with Crippen molar-refractivity contribution in [3.8, 4) is 0 Å². The summed E-state index contributed by atoms with van der Waals surface area (Å²) >= 11 is 5.32. The lowest BCUT2D eigenvalue weighted by atomic mass is 10.1. The summed E-state index contributed by atoms with van der Waals surface area (Å²) in [7, 11) is 0. The third kappa shape index (κ3) is 4.23. The van der Waals surface area contributed by atoms with Gasteiger partial charge in [-0.25, -0.2) is 4.98 Å². The van der Waals surface area contributed by atoms with E-state index in [1.54, 1.807) is 29.8 Å². The SMILES string of the molecule is Cc1ncc(I)c(=O)n1CCCC(=O)c1ccc(Br)cc1. The van der Waals surface area contributed by atoms with Crippen molar-refractivity contribution in [1.82, 2.24) is 9.55 Å². The number of aryl methyl sites for hydroxylation is 1. The number of halogens is 2. The van der Waals surface area contributed by atoms with E-state index in [4.69, 9.17) is 0 Å². The summed E-state index contributed by atoms with van der Waals surface area (Å²) in [4.78, 5) is 28.2. The van der Waals surface area contributed by atoms with Crippen LogP contribution in [-0.4, -0.2) is 15.3 Å². The molecule has 0 aliphatic carbocycles. The monoisotopic (exact) mass is 460 g/mol. The number of benzene rings is 1. The van der Waals surface area contributed by atoms with Crippen LogP contribution < -0.4 is 5.56 Å². The van der Waals surface area contributed by atoms with Crippen molar-refractivity contribution in [1.29, 1.82) is 0 Å². The first-order valence-corrected chi connectivity index (χ1v) is 8.37. The summed E-state index contributed by atoms with van der Waals surface area (Å²) in [6.07, 6.45) is 2.61. The van der Waals surface area contributed by atoms with E-state index in [0.29, 0.717) is 34.3 Å². The van der Waals surface area contributed by atoms with Crippen molar-refractivity contribution in [3.05, 3.63) is 60.2 Å². The molecule has 2 aromatic rings. The van der Waals surface area contributed by atoms with Gasteiger partial charge in [0.2, 0.25) is 0 Å². The van der Waals surface area contributed by atoms with Gasteiger partial charge in [-0.15, -0.1) is 0 Å². The molecule has 0 fully saturated rings. The normalized spacial score (nSPS) is 10.6. The number of carbonyl (C=O) groups is 1. The molecule has 110 valence electrons. The van der Waals surface area contributed by atoms with Gasteiger partial charge in [-0.1, -0.05) is 28.1 Å². The van der Waals surface area contributed by atoms with E-state index in [-0.39, 0.29) is 11.3 Å². The molecule has 0 saturated carbocycles. The largest absolute Gasteiger partial charge is 0.296 e. The quantitative estimate of drug-likeness (QED) is 0.506. The molecule has 4 nitrogen and oxygen atoms in total. The van der Waals surface area contributed by atoms with E-state index >= 15 is 0 Å². The number of Topliss-reactive ketones (excluding diaryl/α,β-unsaturated/α-hetero) is 1. The Kier molecular flexibility index (Phi) is 5.69. The molecule has 6 heteroatoms. The minimum Gasteiger partial charge on any atom is -0.296 e. The third-order valence-electron chi connectivity index (χ3n) is 3.16. The van der Waals surface area contributed by atoms with E-state index in [1.165, 1.54) is 0 Å². The summed E-state index contributed by atoms with van der Waals surface area (Å²) in [6, 6.07) is 7.31. The average Bonchev–Trinajstić information content (AvgIpc) is 2.47. The molecule has 1 aromatic heterocycles. The molecule has 0 spiro atoms. The molecule has 0 atom stereocenters. The van der Waals surface area contributed by atoms with Crippen LogP contribution in [0.15, 0.2) is 39.7 Å². The van der Waals surface area contributed by atoms with Gasteiger partial charge < -0.3 is 0 Å². The Balaban J connectivity index is 1.99. The first kappa shape index (κ1) is 16.4. The predicted molar refractivity (Wildman–Crippen MR) is 93.7 cm³/mol. The Morgan fingerprint density at radius 3 is 2.67 bits per heavy atom. The highest BCUT2D eigenvalue weighted by Crippen LogP contribution is 2.13. The van der Waals surface area contributed by atoms with Crippen LogP contribution >= 0.6 is 38.5 Å². The van der Waals surface area contributed by atoms with Gasteiger partial charge in [0.05, 0.1) is 3.57 Å². The first-order valence-electron chi connectivity index (χ1n) is 6.50. The average molecular weight is 461 g/mol. The van der Waals surface area contributed by atoms with Crippen LogP contribution in [-0.2, 0) is 6.54 Å². The standard InChI is InChI=1S/C15H14BrIN2O2/c1-10-18-9-13(17)15(21)19(10)8-2-3-14(20)11-4-6-12(16)7-5-11/h4-7,9H,2-3,8H2,1H3. The highest BCUT2D eigenvalue weighted by atomic mass is 127. The van der Waals surface area contributed by atoms with Crippen molar-refractivity contribution in [3.63, 3.8) is 0 Å². The highest BCUT2D eigenvalue weighted by molar-refractivity contribution is 14.1. The van der Waals surface area contributed by atoms with Crippen molar-refractivity contribution in [2.24, 2.45) is 0 Å². The summed E-state index contributed by atoms with van der Waals surface area (Å²) in [6.45, 7) is 2.31. The molecule has 0 amide bonds. The number of nitrogens with zero attached hydrogens (tertiary/aromatic N) is 2. The minimum atomic E-state index is -0.0424. The van der Waals surface area contributed by atoms with Gasteiger partial charge in [-0.05, 0) is 48.1 Å². The maximum Gasteiger partial charge on any atom is 0.266 e. The van der Waals surface area contributed by atoms with Gasteiger partial charge in [-0.2, -0.15) is 0 Å². The predicted octanol–water partition coefficient (Wildman–Crippen LogP) is 3.58. The van der Waals surface area contributed by atoms with Crippen molar-refractivity contribution >= 4 is 44.3 Å². The molecule has 0 radical (unpaired) electrons. The minimum absolute atomic E-state index is 0.0424. The third-order valence-corrected chi connectivity index (χ3v) is 4.43. The summed E-state index contributed by atoms with van der Waals surface area (Å²) in [5.41, 5.74) is 0.655. The Hall–Kier alpha value is -1.02. The molecular formula is C15H14BrIN2O2. The lowest BCUT2D eigenvalue weighted by Gasteiger charge is -2.09. The van der Waals surface area contributed by atoms with Crippen LogP contribution in [0.3, 0.4) is 0 Å². The smallest absolute Gasteiger partial charge is 0.266 e. The van der Waals surface area contributed by atoms with Crippen molar-refractivity contribution in [2.75, 3.05) is 0 Å². The maximum absolute atomic E-state index is 12.1. The van der Waals surface area contributed by atoms with Crippen molar-refractivity contribution < 1.29 is 4.79 Å². The van der Waals surface area contributed by atoms with Gasteiger partial charge in [0.25, 0.3) is 5.56 Å². The van der Waals surface area contributed by atoms with Crippen LogP contribution in [0.2, 0.25) is 0 Å². The number of aromatic nitrogens is 2. The lowest BCUT2D eigenvalue weighted by molar-refractivity contribution is 0.0978. The Morgan fingerprint density at radius 1 is 1.33 bits per heavy atom. The lowest BCUT2D eigenvalue weighted by Crippen LogP contribution is -2.25. The fourth-order valence-electron chi connectivity index (χ4n) is 1.99. The van der Waals surface area contributed by atoms with Crippen LogP contribution in [0.4, 0.5) is 0 Å². The fraction of sp³-hybridized carbons (Fsp3) is 0.267. The Bertz CT molecular complexity index is 711. The number of hydrogen-bond acceptors (Lipinski definition) is 3. The van der Waals surface area contributed by atoms with E-state index in [1.807, 2.05) is 34.7 Å². The van der Waals surface area contributed by atoms with Crippen LogP contribution in [0.25, 0.3) is 0 Å². The van der Waals surface area contributed by atoms with Gasteiger partial charge in [-0.3, -0.25) is 14.2 Å². The molecule has 21 heavy (non-hydrogen) atoms. The second kappa shape index (κ2) is 7.31. The van der Waals surface area contributed by atoms with E-state index in [2.05, 4.69) is 20.9 Å². The summed E-state index contributed by atoms with van der Waals surface area (Å²) < 4.78 is 3.17. The Labute approximate surface area is 144 Å². The van der Waals surface area contributed by atoms with Crippen LogP contribution in [0, 0.1) is 10.5 Å². The Morgan fingerprint density at radius 2 is 2.00 bits per heavy atom. The second-order valence-electron chi connectivity index (χ2n) is 4.64. The molecule has 0 saturated heterocycles. The van der Waals surface area contributed by atoms with E-state index < -0.39 is 0 Å². The van der Waals surface area contributed by atoms with Crippen molar-refractivity contribution in [2.45, 2.75) is 26.3 Å².